The number of aromatic nitrogens is 2. The van der Waals surface area contributed by atoms with Crippen molar-refractivity contribution in [3.63, 3.8) is 0 Å². The van der Waals surface area contributed by atoms with E-state index in [9.17, 15) is 4.79 Å². The number of Topliss-reactive ketones (excluding diaryl/α,β-unsaturated/α-hetero) is 1. The van der Waals surface area contributed by atoms with Crippen molar-refractivity contribution in [3.8, 4) is 11.5 Å². The van der Waals surface area contributed by atoms with Crippen LogP contribution in [0.25, 0.3) is 11.5 Å². The Morgan fingerprint density at radius 2 is 1.71 bits per heavy atom. The number of ether oxygens (including phenoxy) is 1. The van der Waals surface area contributed by atoms with Gasteiger partial charge in [-0.2, -0.15) is 0 Å². The van der Waals surface area contributed by atoms with Gasteiger partial charge in [0.15, 0.2) is 11.9 Å². The molecule has 1 aliphatic rings. The highest BCUT2D eigenvalue weighted by Crippen LogP contribution is 2.25. The van der Waals surface area contributed by atoms with Crippen LogP contribution in [0.3, 0.4) is 0 Å². The van der Waals surface area contributed by atoms with Crippen molar-refractivity contribution in [1.82, 2.24) is 10.2 Å². The van der Waals surface area contributed by atoms with Crippen LogP contribution in [0, 0.1) is 0 Å². The van der Waals surface area contributed by atoms with Gasteiger partial charge in [0, 0.05) is 42.5 Å². The molecule has 8 nitrogen and oxygen atoms in total. The van der Waals surface area contributed by atoms with Gasteiger partial charge in [0.05, 0.1) is 12.3 Å². The summed E-state index contributed by atoms with van der Waals surface area (Å²) < 4.78 is 10.9. The maximum absolute atomic E-state index is 13.1. The number of hydrogen-bond donors (Lipinski definition) is 2. The highest BCUT2D eigenvalue weighted by Gasteiger charge is 2.27. The van der Waals surface area contributed by atoms with Crippen LogP contribution in [0.5, 0.6) is 0 Å². The predicted molar refractivity (Wildman–Crippen MR) is 135 cm³/mol. The molecule has 1 aliphatic heterocycles. The number of carbonyl (C=O) groups is 1. The molecule has 35 heavy (non-hydrogen) atoms. The van der Waals surface area contributed by atoms with Crippen molar-refractivity contribution >= 4 is 23.2 Å². The first-order chi connectivity index (χ1) is 17.2. The fraction of sp³-hybridized carbons (Fsp3) is 0.185. The smallest absolute Gasteiger partial charge is 0.317 e. The quantitative estimate of drug-likeness (QED) is 0.375. The topological polar surface area (TPSA) is 102 Å². The van der Waals surface area contributed by atoms with Crippen LogP contribution in [-0.2, 0) is 16.0 Å². The summed E-state index contributed by atoms with van der Waals surface area (Å²) >= 11 is 0. The van der Waals surface area contributed by atoms with Gasteiger partial charge in [-0.3, -0.25) is 9.79 Å². The molecule has 0 aliphatic carbocycles. The van der Waals surface area contributed by atoms with Gasteiger partial charge in [-0.25, -0.2) is 0 Å². The third-order valence-electron chi connectivity index (χ3n) is 5.70. The number of aliphatic imine (C=N–C) groups is 1. The molecule has 0 unspecified atom stereocenters. The maximum Gasteiger partial charge on any atom is 0.317 e. The number of nitrogens with zero attached hydrogens (tertiary/aromatic N) is 3. The van der Waals surface area contributed by atoms with Crippen molar-refractivity contribution < 1.29 is 13.9 Å². The van der Waals surface area contributed by atoms with Gasteiger partial charge in [-0.05, 0) is 29.8 Å². The fourth-order valence-corrected chi connectivity index (χ4v) is 3.94. The summed E-state index contributed by atoms with van der Waals surface area (Å²) in [5.41, 5.74) is 5.32. The molecule has 4 aromatic rings. The molecule has 0 amide bonds. The standard InChI is InChI=1S/C27H25N5O3/c1-34-16-15-28-21-13-11-19(12-14-21)26-31-32-27(35-26)30-25-23(33)17-20-9-5-6-10-22(20)24(29-25)18-7-3-2-4-8-18/h2-14,25,28H,15-17H2,1H3,(H,30,32)/t25-/m1/s1. The highest BCUT2D eigenvalue weighted by atomic mass is 16.5. The number of carbonyl (C=O) groups excluding carboxylic acids is 1. The van der Waals surface area contributed by atoms with Crippen molar-refractivity contribution in [2.24, 2.45) is 4.99 Å². The zero-order valence-corrected chi connectivity index (χ0v) is 19.3. The number of fused-ring (bicyclic) bond motifs is 1. The Hall–Kier alpha value is -4.30. The maximum atomic E-state index is 13.1. The summed E-state index contributed by atoms with van der Waals surface area (Å²) in [6.07, 6.45) is -0.593. The lowest BCUT2D eigenvalue weighted by Gasteiger charge is -2.11. The molecule has 0 radical (unpaired) electrons. The molecule has 0 saturated heterocycles. The highest BCUT2D eigenvalue weighted by molar-refractivity contribution is 6.16. The lowest BCUT2D eigenvalue weighted by molar-refractivity contribution is -0.119. The molecular formula is C27H25N5O3. The normalized spacial score (nSPS) is 15.2. The van der Waals surface area contributed by atoms with Crippen LogP contribution >= 0.6 is 0 Å². The lowest BCUT2D eigenvalue weighted by Crippen LogP contribution is -2.29. The Morgan fingerprint density at radius 1 is 0.943 bits per heavy atom. The van der Waals surface area contributed by atoms with E-state index < -0.39 is 6.17 Å². The molecule has 2 heterocycles. The Morgan fingerprint density at radius 3 is 2.51 bits per heavy atom. The van der Waals surface area contributed by atoms with Crippen molar-refractivity contribution in [3.05, 3.63) is 95.6 Å². The van der Waals surface area contributed by atoms with E-state index in [-0.39, 0.29) is 18.2 Å². The van der Waals surface area contributed by atoms with E-state index in [2.05, 4.69) is 20.8 Å². The molecule has 176 valence electrons. The first kappa shape index (κ1) is 22.5. The number of nitrogens with one attached hydrogen (secondary N) is 2. The second-order valence-corrected chi connectivity index (χ2v) is 8.10. The monoisotopic (exact) mass is 467 g/mol. The molecule has 0 saturated carbocycles. The van der Waals surface area contributed by atoms with E-state index in [1.807, 2.05) is 78.9 Å². The van der Waals surface area contributed by atoms with Gasteiger partial charge >= 0.3 is 6.01 Å². The van der Waals surface area contributed by atoms with Crippen LogP contribution in [0.1, 0.15) is 16.7 Å². The van der Waals surface area contributed by atoms with Crippen LogP contribution < -0.4 is 10.6 Å². The molecule has 0 spiro atoms. The largest absolute Gasteiger partial charge is 0.403 e. The summed E-state index contributed by atoms with van der Waals surface area (Å²) in [6.45, 7) is 1.34. The predicted octanol–water partition coefficient (Wildman–Crippen LogP) is 4.20. The number of rotatable bonds is 8. The van der Waals surface area contributed by atoms with Gasteiger partial charge in [-0.15, -0.1) is 5.10 Å². The summed E-state index contributed by atoms with van der Waals surface area (Å²) in [6, 6.07) is 25.5. The van der Waals surface area contributed by atoms with Crippen LogP contribution in [-0.4, -0.2) is 48.1 Å². The van der Waals surface area contributed by atoms with Crippen molar-refractivity contribution in [1.29, 1.82) is 0 Å². The number of benzene rings is 3. The molecule has 1 aromatic heterocycles. The Balaban J connectivity index is 1.38. The minimum Gasteiger partial charge on any atom is -0.403 e. The summed E-state index contributed by atoms with van der Waals surface area (Å²) in [5.74, 6) is 0.280. The van der Waals surface area contributed by atoms with Gasteiger partial charge in [0.25, 0.3) is 0 Å². The van der Waals surface area contributed by atoms with E-state index in [1.165, 1.54) is 0 Å². The molecule has 0 fully saturated rings. The van der Waals surface area contributed by atoms with Crippen molar-refractivity contribution in [2.75, 3.05) is 30.9 Å². The first-order valence-electron chi connectivity index (χ1n) is 11.4. The van der Waals surface area contributed by atoms with Crippen molar-refractivity contribution in [2.45, 2.75) is 12.6 Å². The number of anilines is 2. The van der Waals surface area contributed by atoms with Gasteiger partial charge in [-0.1, -0.05) is 59.7 Å². The number of hydrogen-bond acceptors (Lipinski definition) is 8. The zero-order chi connectivity index (χ0) is 24.0. The Bertz CT molecular complexity index is 1330. The lowest BCUT2D eigenvalue weighted by atomic mass is 9.96. The molecule has 2 N–H and O–H groups in total. The minimum absolute atomic E-state index is 0.0744. The van der Waals surface area contributed by atoms with Gasteiger partial charge < -0.3 is 19.8 Å². The van der Waals surface area contributed by atoms with E-state index >= 15 is 0 Å². The minimum atomic E-state index is -0.849. The van der Waals surface area contributed by atoms with Crippen LogP contribution in [0.15, 0.2) is 88.3 Å². The van der Waals surface area contributed by atoms with E-state index in [1.54, 1.807) is 7.11 Å². The van der Waals surface area contributed by atoms with Gasteiger partial charge in [0.2, 0.25) is 5.89 Å². The molecular weight excluding hydrogens is 442 g/mol. The van der Waals surface area contributed by atoms with E-state index in [0.717, 1.165) is 40.2 Å². The zero-order valence-electron chi connectivity index (χ0n) is 19.3. The van der Waals surface area contributed by atoms with E-state index in [0.29, 0.717) is 12.5 Å². The average Bonchev–Trinajstić information content (AvgIpc) is 3.31. The molecule has 0 bridgehead atoms. The third kappa shape index (κ3) is 5.12. The molecule has 1 atom stereocenters. The second-order valence-electron chi connectivity index (χ2n) is 8.10. The Kier molecular flexibility index (Phi) is 6.63. The van der Waals surface area contributed by atoms with Crippen LogP contribution in [0.2, 0.25) is 0 Å². The van der Waals surface area contributed by atoms with Gasteiger partial charge in [0.1, 0.15) is 0 Å². The molecule has 3 aromatic carbocycles. The fourth-order valence-electron chi connectivity index (χ4n) is 3.94. The molecule has 5 rings (SSSR count). The van der Waals surface area contributed by atoms with Crippen LogP contribution in [0.4, 0.5) is 11.7 Å². The summed E-state index contributed by atoms with van der Waals surface area (Å²) in [4.78, 5) is 17.9. The first-order valence-corrected chi connectivity index (χ1v) is 11.4. The average molecular weight is 468 g/mol. The molecule has 8 heteroatoms. The second kappa shape index (κ2) is 10.3. The number of methoxy groups -OCH3 is 1. The summed E-state index contributed by atoms with van der Waals surface area (Å²) in [7, 11) is 1.67. The Labute approximate surface area is 203 Å². The third-order valence-corrected chi connectivity index (χ3v) is 5.70. The summed E-state index contributed by atoms with van der Waals surface area (Å²) in [5, 5.41) is 14.5. The number of ketones is 1. The van der Waals surface area contributed by atoms with E-state index in [4.69, 9.17) is 14.1 Å². The SMILES string of the molecule is COCCNc1ccc(-c2nnc(N[C@H]3N=C(c4ccccc4)c4ccccc4CC3=O)o2)cc1.